The van der Waals surface area contributed by atoms with Gasteiger partial charge in [-0.05, 0) is 99.5 Å². The zero-order valence-electron chi connectivity index (χ0n) is 24.7. The average Bonchev–Trinajstić information content (AvgIpc) is 3.68. The van der Waals surface area contributed by atoms with E-state index in [1.807, 2.05) is 12.1 Å². The van der Waals surface area contributed by atoms with Crippen molar-refractivity contribution in [2.24, 2.45) is 0 Å². The van der Waals surface area contributed by atoms with E-state index >= 15 is 0 Å². The summed E-state index contributed by atoms with van der Waals surface area (Å²) in [4.78, 5) is 2.37. The molecular formula is C43H29NO. The van der Waals surface area contributed by atoms with Crippen molar-refractivity contribution in [1.29, 1.82) is 0 Å². The Morgan fingerprint density at radius 3 is 1.82 bits per heavy atom. The van der Waals surface area contributed by atoms with Crippen LogP contribution in [0.5, 0.6) is 0 Å². The lowest BCUT2D eigenvalue weighted by atomic mass is 9.99. The van der Waals surface area contributed by atoms with Gasteiger partial charge in [0.25, 0.3) is 0 Å². The van der Waals surface area contributed by atoms with E-state index in [-0.39, 0.29) is 0 Å². The molecule has 0 N–H and O–H groups in total. The van der Waals surface area contributed by atoms with Crippen LogP contribution in [0.2, 0.25) is 0 Å². The van der Waals surface area contributed by atoms with Gasteiger partial charge in [-0.1, -0.05) is 115 Å². The van der Waals surface area contributed by atoms with E-state index in [9.17, 15) is 0 Å². The number of rotatable bonds is 5. The third kappa shape index (κ3) is 4.34. The van der Waals surface area contributed by atoms with E-state index in [1.165, 1.54) is 44.5 Å². The number of furan rings is 1. The maximum absolute atomic E-state index is 6.19. The van der Waals surface area contributed by atoms with Gasteiger partial charge in [-0.25, -0.2) is 0 Å². The zero-order chi connectivity index (χ0) is 29.7. The summed E-state index contributed by atoms with van der Waals surface area (Å²) >= 11 is 0. The second-order valence-corrected chi connectivity index (χ2v) is 11.7. The van der Waals surface area contributed by atoms with Crippen LogP contribution in [0.4, 0.5) is 17.1 Å². The Labute approximate surface area is 262 Å². The first-order chi connectivity index (χ1) is 22.3. The van der Waals surface area contributed by atoms with Gasteiger partial charge >= 0.3 is 0 Å². The first kappa shape index (κ1) is 25.6. The predicted octanol–water partition coefficient (Wildman–Crippen LogP) is 12.0. The van der Waals surface area contributed by atoms with Crippen LogP contribution in [0.1, 0.15) is 11.1 Å². The number of fused-ring (bicyclic) bond motifs is 6. The predicted molar refractivity (Wildman–Crippen MR) is 188 cm³/mol. The highest BCUT2D eigenvalue weighted by Gasteiger charge is 2.21. The number of benzene rings is 7. The standard InChI is InChI=1S/C43H29NO/c1-2-9-29(10-3-1)30-17-21-34(22-18-30)44(36-25-26-38-33(28-36)27-32-11-4-5-12-37(32)38)35-23-19-31(20-24-35)39-14-8-16-42-43(39)40-13-6-7-15-41(40)45-42/h1-26,28H,27H2. The van der Waals surface area contributed by atoms with E-state index in [4.69, 9.17) is 4.42 Å². The van der Waals surface area contributed by atoms with Gasteiger partial charge < -0.3 is 9.32 Å². The third-order valence-corrected chi connectivity index (χ3v) is 9.11. The molecule has 0 bridgehead atoms. The molecule has 2 nitrogen and oxygen atoms in total. The molecule has 0 saturated heterocycles. The highest BCUT2D eigenvalue weighted by molar-refractivity contribution is 6.12. The molecule has 0 spiro atoms. The fraction of sp³-hybridized carbons (Fsp3) is 0.0233. The molecule has 0 unspecified atom stereocenters. The van der Waals surface area contributed by atoms with Crippen molar-refractivity contribution >= 4 is 39.0 Å². The summed E-state index contributed by atoms with van der Waals surface area (Å²) in [5.41, 5.74) is 15.5. The number of hydrogen-bond donors (Lipinski definition) is 0. The Morgan fingerprint density at radius 1 is 0.400 bits per heavy atom. The van der Waals surface area contributed by atoms with E-state index < -0.39 is 0 Å². The van der Waals surface area contributed by atoms with E-state index in [2.05, 4.69) is 157 Å². The first-order valence-corrected chi connectivity index (χ1v) is 15.5. The fourth-order valence-corrected chi connectivity index (χ4v) is 6.96. The minimum atomic E-state index is 0.914. The van der Waals surface area contributed by atoms with Crippen molar-refractivity contribution in [2.45, 2.75) is 6.42 Å². The van der Waals surface area contributed by atoms with Crippen LogP contribution >= 0.6 is 0 Å². The van der Waals surface area contributed by atoms with E-state index in [0.717, 1.165) is 45.4 Å². The second-order valence-electron chi connectivity index (χ2n) is 11.7. The van der Waals surface area contributed by atoms with Crippen molar-refractivity contribution in [3.63, 3.8) is 0 Å². The van der Waals surface area contributed by atoms with Gasteiger partial charge in [0, 0.05) is 27.8 Å². The molecule has 0 aliphatic heterocycles. The molecule has 1 aromatic heterocycles. The zero-order valence-corrected chi connectivity index (χ0v) is 24.7. The summed E-state index contributed by atoms with van der Waals surface area (Å²) < 4.78 is 6.19. The van der Waals surface area contributed by atoms with Crippen molar-refractivity contribution in [1.82, 2.24) is 0 Å². The minimum absolute atomic E-state index is 0.914. The van der Waals surface area contributed by atoms with Crippen LogP contribution in [0.25, 0.3) is 55.3 Å². The van der Waals surface area contributed by atoms with Crippen LogP contribution in [0, 0.1) is 0 Å². The molecule has 2 heteroatoms. The van der Waals surface area contributed by atoms with Crippen LogP contribution in [0.3, 0.4) is 0 Å². The lowest BCUT2D eigenvalue weighted by Gasteiger charge is -2.26. The summed E-state index contributed by atoms with van der Waals surface area (Å²) in [5.74, 6) is 0. The largest absolute Gasteiger partial charge is 0.456 e. The van der Waals surface area contributed by atoms with Crippen LogP contribution in [-0.4, -0.2) is 0 Å². The van der Waals surface area contributed by atoms with Gasteiger partial charge in [-0.2, -0.15) is 0 Å². The number of para-hydroxylation sites is 1. The molecule has 0 fully saturated rings. The van der Waals surface area contributed by atoms with Crippen LogP contribution in [-0.2, 0) is 6.42 Å². The summed E-state index contributed by atoms with van der Waals surface area (Å²) in [6.45, 7) is 0. The SMILES string of the molecule is c1ccc(-c2ccc(N(c3ccc(-c4cccc5oc6ccccc6c45)cc3)c3ccc4c(c3)Cc3ccccc3-4)cc2)cc1. The Bertz CT molecular complexity index is 2330. The third-order valence-electron chi connectivity index (χ3n) is 9.11. The number of hydrogen-bond acceptors (Lipinski definition) is 2. The maximum atomic E-state index is 6.19. The highest BCUT2D eigenvalue weighted by Crippen LogP contribution is 2.43. The van der Waals surface area contributed by atoms with Crippen LogP contribution < -0.4 is 4.90 Å². The second kappa shape index (κ2) is 10.4. The topological polar surface area (TPSA) is 16.4 Å². The fourth-order valence-electron chi connectivity index (χ4n) is 6.96. The Balaban J connectivity index is 1.15. The van der Waals surface area contributed by atoms with Gasteiger partial charge in [0.2, 0.25) is 0 Å². The Morgan fingerprint density at radius 2 is 1.00 bits per heavy atom. The molecule has 212 valence electrons. The van der Waals surface area contributed by atoms with E-state index in [1.54, 1.807) is 0 Å². The average molecular weight is 576 g/mol. The molecule has 9 rings (SSSR count). The Kier molecular flexibility index (Phi) is 5.92. The molecular weight excluding hydrogens is 546 g/mol. The van der Waals surface area contributed by atoms with Crippen molar-refractivity contribution in [3.05, 3.63) is 175 Å². The molecule has 45 heavy (non-hydrogen) atoms. The maximum Gasteiger partial charge on any atom is 0.136 e. The quantitative estimate of drug-likeness (QED) is 0.203. The smallest absolute Gasteiger partial charge is 0.136 e. The van der Waals surface area contributed by atoms with Gasteiger partial charge in [-0.3, -0.25) is 0 Å². The molecule has 0 atom stereocenters. The van der Waals surface area contributed by atoms with Gasteiger partial charge in [0.15, 0.2) is 0 Å². The summed E-state index contributed by atoms with van der Waals surface area (Å²) in [6, 6.07) is 58.7. The molecule has 0 amide bonds. The molecule has 0 saturated carbocycles. The van der Waals surface area contributed by atoms with E-state index in [0.29, 0.717) is 0 Å². The van der Waals surface area contributed by atoms with Gasteiger partial charge in [-0.15, -0.1) is 0 Å². The number of anilines is 3. The first-order valence-electron chi connectivity index (χ1n) is 15.5. The Hall–Kier alpha value is -5.86. The highest BCUT2D eigenvalue weighted by atomic mass is 16.3. The minimum Gasteiger partial charge on any atom is -0.456 e. The summed E-state index contributed by atoms with van der Waals surface area (Å²) in [7, 11) is 0. The van der Waals surface area contributed by atoms with Crippen molar-refractivity contribution < 1.29 is 4.42 Å². The molecule has 7 aromatic carbocycles. The van der Waals surface area contributed by atoms with Gasteiger partial charge in [0.05, 0.1) is 0 Å². The lowest BCUT2D eigenvalue weighted by molar-refractivity contribution is 0.669. The summed E-state index contributed by atoms with van der Waals surface area (Å²) in [5, 5.41) is 2.30. The molecule has 8 aromatic rings. The summed E-state index contributed by atoms with van der Waals surface area (Å²) in [6.07, 6.45) is 0.960. The van der Waals surface area contributed by atoms with Crippen LogP contribution in [0.15, 0.2) is 168 Å². The van der Waals surface area contributed by atoms with Gasteiger partial charge in [0.1, 0.15) is 11.2 Å². The lowest BCUT2D eigenvalue weighted by Crippen LogP contribution is -2.10. The van der Waals surface area contributed by atoms with Crippen molar-refractivity contribution in [3.8, 4) is 33.4 Å². The molecule has 1 heterocycles. The molecule has 1 aliphatic rings. The van der Waals surface area contributed by atoms with Crippen molar-refractivity contribution in [2.75, 3.05) is 4.90 Å². The monoisotopic (exact) mass is 575 g/mol. The normalized spacial score (nSPS) is 11.9. The molecule has 1 aliphatic carbocycles. The number of nitrogens with zero attached hydrogens (tertiary/aromatic N) is 1. The molecule has 0 radical (unpaired) electrons.